The Kier molecular flexibility index (Phi) is 6.63. The third-order valence-corrected chi connectivity index (χ3v) is 17.1. The lowest BCUT2D eigenvalue weighted by Crippen LogP contribution is -2.14. The van der Waals surface area contributed by atoms with Gasteiger partial charge in [-0.25, -0.2) is 29.9 Å². The minimum atomic E-state index is -2.91. The summed E-state index contributed by atoms with van der Waals surface area (Å²) >= 11 is 2.38. The molecule has 8 rings (SSSR count). The lowest BCUT2D eigenvalue weighted by Gasteiger charge is -2.12. The van der Waals surface area contributed by atoms with Crippen LogP contribution in [0.15, 0.2) is 55.7 Å². The molecule has 1 spiro atoms. The van der Waals surface area contributed by atoms with Crippen LogP contribution < -0.4 is 5.48 Å². The number of nitrogens with zero attached hydrogens (tertiary/aromatic N) is 6. The number of allylic oxidation sites excluding steroid dienone is 3. The van der Waals surface area contributed by atoms with Gasteiger partial charge in [0.15, 0.2) is 33.0 Å². The van der Waals surface area contributed by atoms with Crippen LogP contribution in [0.4, 0.5) is 0 Å². The van der Waals surface area contributed by atoms with Gasteiger partial charge in [-0.05, 0) is 31.1 Å². The van der Waals surface area contributed by atoms with E-state index >= 15 is 0 Å². The molecule has 238 valence electrons. The maximum atomic E-state index is 13.8. The molecular formula is C33H30N8O3S3. The maximum Gasteiger partial charge on any atom is 0.207 e. The number of thioether (sulfide) groups is 2. The molecule has 2 aromatic rings. The van der Waals surface area contributed by atoms with E-state index in [-0.39, 0.29) is 31.9 Å². The molecule has 14 heteroatoms. The van der Waals surface area contributed by atoms with E-state index in [4.69, 9.17) is 24.9 Å². The molecule has 5 unspecified atom stereocenters. The Bertz CT molecular complexity index is 2370. The van der Waals surface area contributed by atoms with E-state index in [1.807, 2.05) is 38.1 Å². The number of H-pyrrole nitrogens is 2. The predicted octanol–water partition coefficient (Wildman–Crippen LogP) is 4.52. The monoisotopic (exact) mass is 682 g/mol. The highest BCUT2D eigenvalue weighted by atomic mass is 32.3. The molecule has 47 heavy (non-hydrogen) atoms. The summed E-state index contributed by atoms with van der Waals surface area (Å²) < 4.78 is 0.578. The molecule has 6 aliphatic heterocycles. The Labute approximate surface area is 277 Å². The van der Waals surface area contributed by atoms with Gasteiger partial charge >= 0.3 is 0 Å². The molecule has 0 saturated carbocycles. The van der Waals surface area contributed by atoms with Crippen LogP contribution in [0.1, 0.15) is 43.6 Å². The quantitative estimate of drug-likeness (QED) is 0.166. The van der Waals surface area contributed by atoms with Gasteiger partial charge in [-0.3, -0.25) is 14.4 Å². The summed E-state index contributed by atoms with van der Waals surface area (Å²) in [6.45, 7) is 14.1. The van der Waals surface area contributed by atoms with Crippen molar-refractivity contribution in [2.24, 2.45) is 5.92 Å². The second kappa shape index (κ2) is 10.4. The third-order valence-electron chi connectivity index (χ3n) is 9.46. The number of aryl methyl sites for hydroxylation is 1. The van der Waals surface area contributed by atoms with Gasteiger partial charge in [0.1, 0.15) is 22.6 Å². The van der Waals surface area contributed by atoms with Crippen LogP contribution in [0.25, 0.3) is 32.9 Å². The molecule has 0 aliphatic carbocycles. The van der Waals surface area contributed by atoms with E-state index < -0.39 is 14.0 Å². The highest BCUT2D eigenvalue weighted by Crippen LogP contribution is 3.05. The van der Waals surface area contributed by atoms with Crippen LogP contribution in [0, 0.1) is 17.6 Å². The average molecular weight is 683 g/mol. The smallest absolute Gasteiger partial charge is 0.207 e. The molecule has 5 atom stereocenters. The number of aromatic nitrogens is 8. The van der Waals surface area contributed by atoms with Gasteiger partial charge in [-0.2, -0.15) is 0 Å². The molecule has 3 fully saturated rings. The fraction of sp³-hybridized carbons (Fsp3) is 0.273. The van der Waals surface area contributed by atoms with Crippen LogP contribution in [0.3, 0.4) is 0 Å². The topological polar surface area (TPSA) is 160 Å². The van der Waals surface area contributed by atoms with Crippen molar-refractivity contribution in [2.45, 2.75) is 48.2 Å². The summed E-state index contributed by atoms with van der Waals surface area (Å²) in [4.78, 5) is 74.2. The van der Waals surface area contributed by atoms with E-state index in [2.05, 4.69) is 34.2 Å². The Morgan fingerprint density at radius 2 is 1.81 bits per heavy atom. The standard InChI is InChI=1S/C33H30N8O3S3/c1-6-18-25(19(7-2)45-14-42)29-39-28(18)37-24-13-12-23(36-24)34-17(5)35-27(16(4)15(3)8-9-20-31(43)46-20)38-30-26-21-10-11-22-32(44)47(21,22,26)33(40-29)41-30/h7-15,19-22H,2,4,6H2,1,3,5H3,(H2,34,35,36,37,38,39,40,41)/b9-8-. The predicted molar refractivity (Wildman–Crippen MR) is 189 cm³/mol. The van der Waals surface area contributed by atoms with E-state index in [0.29, 0.717) is 56.8 Å². The maximum absolute atomic E-state index is 13.8. The zero-order valence-electron chi connectivity index (χ0n) is 25.8. The van der Waals surface area contributed by atoms with Gasteiger partial charge in [-0.15, -0.1) is 15.3 Å². The molecule has 6 aliphatic rings. The second-order valence-electron chi connectivity index (χ2n) is 11.9. The summed E-state index contributed by atoms with van der Waals surface area (Å²) in [6.07, 6.45) is 10.2. The molecule has 3 saturated heterocycles. The molecule has 0 radical (unpaired) electrons. The number of carbonyl (C=O) groups is 3. The average Bonchev–Trinajstić information content (AvgIpc) is 3.80. The highest BCUT2D eigenvalue weighted by Gasteiger charge is 2.88. The molecule has 2 aromatic heterocycles. The first kappa shape index (κ1) is 30.1. The van der Waals surface area contributed by atoms with Crippen molar-refractivity contribution in [2.75, 3.05) is 0 Å². The largest absolute Gasteiger partial charge is 0.325 e. The van der Waals surface area contributed by atoms with Crippen molar-refractivity contribution in [3.63, 3.8) is 0 Å². The number of hydrogen-bond acceptors (Lipinski definition) is 11. The minimum Gasteiger partial charge on any atom is -0.325 e. The van der Waals surface area contributed by atoms with E-state index in [9.17, 15) is 14.4 Å². The van der Waals surface area contributed by atoms with Crippen molar-refractivity contribution < 1.29 is 14.4 Å². The number of fused-ring (bicyclic) bond motifs is 7. The molecular weight excluding hydrogens is 653 g/mol. The molecule has 6 bridgehead atoms. The summed E-state index contributed by atoms with van der Waals surface area (Å²) in [7, 11) is -2.91. The minimum absolute atomic E-state index is 0.0650. The van der Waals surface area contributed by atoms with Crippen molar-refractivity contribution >= 4 is 81.0 Å². The van der Waals surface area contributed by atoms with E-state index in [0.717, 1.165) is 33.4 Å². The zero-order valence-corrected chi connectivity index (χ0v) is 28.2. The van der Waals surface area contributed by atoms with Crippen molar-refractivity contribution in [1.82, 2.24) is 39.9 Å². The lowest BCUT2D eigenvalue weighted by molar-refractivity contribution is -0.108. The number of aromatic amines is 2. The van der Waals surface area contributed by atoms with Crippen molar-refractivity contribution in [3.8, 4) is 0 Å². The first-order valence-electron chi connectivity index (χ1n) is 15.2. The molecule has 8 heterocycles. The second-order valence-corrected chi connectivity index (χ2v) is 18.6. The fourth-order valence-corrected chi connectivity index (χ4v) is 14.5. The molecule has 0 aromatic carbocycles. The summed E-state index contributed by atoms with van der Waals surface area (Å²) in [5, 5.41) is -0.502. The molecule has 0 amide bonds. The van der Waals surface area contributed by atoms with E-state index in [1.54, 1.807) is 19.1 Å². The fourth-order valence-electron chi connectivity index (χ4n) is 6.96. The first-order valence-corrected chi connectivity index (χ1v) is 19.1. The van der Waals surface area contributed by atoms with Crippen molar-refractivity contribution in [3.05, 3.63) is 89.2 Å². The normalized spacial score (nSPS) is 25.6. The SMILES string of the molecule is C=CC(SC=O)C1=C(CC)c2nc1nc1[nH]c(nc(C(=C)C(C)/C=C\C3SC3=O)nc(C)nc3ccc(n2)[nH]3)=C2C3C=CC4C(=O)S=1243. The van der Waals surface area contributed by atoms with Crippen LogP contribution >= 0.6 is 32.3 Å². The van der Waals surface area contributed by atoms with Gasteiger partial charge in [0, 0.05) is 22.0 Å². The summed E-state index contributed by atoms with van der Waals surface area (Å²) in [6, 6.07) is 3.61. The Morgan fingerprint density at radius 3 is 2.49 bits per heavy atom. The van der Waals surface area contributed by atoms with Crippen LogP contribution in [0.5, 0.6) is 0 Å². The highest BCUT2D eigenvalue weighted by molar-refractivity contribution is 8.75. The number of rotatable bonds is 9. The Morgan fingerprint density at radius 1 is 1.06 bits per heavy atom. The van der Waals surface area contributed by atoms with Gasteiger partial charge in [0.25, 0.3) is 0 Å². The third kappa shape index (κ3) is 4.04. The van der Waals surface area contributed by atoms with E-state index in [1.165, 1.54) is 11.8 Å². The Balaban J connectivity index is 1.45. The number of carbonyl (C=O) groups excluding carboxylic acids is 3. The van der Waals surface area contributed by atoms with Crippen LogP contribution in [0.2, 0.25) is 0 Å². The number of hydrogen-bond donors (Lipinski definition) is 2. The van der Waals surface area contributed by atoms with Crippen LogP contribution in [-0.4, -0.2) is 76.7 Å². The summed E-state index contributed by atoms with van der Waals surface area (Å²) in [5.74, 6) is 1.51. The number of nitrogens with one attached hydrogen (secondary N) is 2. The summed E-state index contributed by atoms with van der Waals surface area (Å²) in [5.41, 5.74) is 4.66. The first-order chi connectivity index (χ1) is 22.7. The molecule has 11 nitrogen and oxygen atoms in total. The van der Waals surface area contributed by atoms with Crippen LogP contribution in [-0.2, 0) is 14.4 Å². The van der Waals surface area contributed by atoms with Gasteiger partial charge < -0.3 is 9.97 Å². The molecule has 2 N–H and O–H groups in total. The lowest BCUT2D eigenvalue weighted by atomic mass is 10.0. The Hall–Kier alpha value is -4.27. The van der Waals surface area contributed by atoms with Crippen molar-refractivity contribution in [1.29, 1.82) is 0 Å². The zero-order chi connectivity index (χ0) is 32.9. The van der Waals surface area contributed by atoms with Gasteiger partial charge in [0.2, 0.25) is 5.12 Å². The van der Waals surface area contributed by atoms with Gasteiger partial charge in [0.05, 0.1) is 21.0 Å². The van der Waals surface area contributed by atoms with Gasteiger partial charge in [-0.1, -0.05) is 74.3 Å².